The van der Waals surface area contributed by atoms with Gasteiger partial charge in [-0.05, 0) is 37.3 Å². The largest absolute Gasteiger partial charge is 0.383 e. The van der Waals surface area contributed by atoms with Gasteiger partial charge in [0, 0.05) is 17.7 Å². The Morgan fingerprint density at radius 3 is 2.78 bits per heavy atom. The summed E-state index contributed by atoms with van der Waals surface area (Å²) < 4.78 is 6.67. The maximum absolute atomic E-state index is 12.9. The van der Waals surface area contributed by atoms with E-state index in [0.717, 1.165) is 0 Å². The molecular weight excluding hydrogens is 366 g/mol. The first-order chi connectivity index (χ1) is 13.0. The molecule has 0 saturated carbocycles. The van der Waals surface area contributed by atoms with Crippen molar-refractivity contribution in [1.82, 2.24) is 14.9 Å². The first kappa shape index (κ1) is 19.1. The van der Waals surface area contributed by atoms with Gasteiger partial charge in [0.25, 0.3) is 11.5 Å². The number of benzene rings is 2. The molecular formula is C20H20ClN3O3. The minimum atomic E-state index is -0.481. The number of aromatic nitrogens is 2. The molecule has 0 bridgehead atoms. The second-order valence-corrected chi connectivity index (χ2v) is 6.58. The van der Waals surface area contributed by atoms with Gasteiger partial charge in [0.2, 0.25) is 0 Å². The molecule has 7 heteroatoms. The zero-order valence-corrected chi connectivity index (χ0v) is 15.9. The van der Waals surface area contributed by atoms with E-state index in [1.165, 1.54) is 0 Å². The van der Waals surface area contributed by atoms with Crippen LogP contribution in [-0.2, 0) is 11.3 Å². The van der Waals surface area contributed by atoms with Gasteiger partial charge in [-0.25, -0.2) is 4.98 Å². The van der Waals surface area contributed by atoms with Crippen molar-refractivity contribution in [2.24, 2.45) is 0 Å². The van der Waals surface area contributed by atoms with Crippen molar-refractivity contribution in [2.75, 3.05) is 13.7 Å². The van der Waals surface area contributed by atoms with Crippen LogP contribution in [-0.4, -0.2) is 29.2 Å². The molecule has 1 aromatic heterocycles. The van der Waals surface area contributed by atoms with E-state index in [9.17, 15) is 9.59 Å². The van der Waals surface area contributed by atoms with Gasteiger partial charge in [-0.15, -0.1) is 0 Å². The smallest absolute Gasteiger partial charge is 0.261 e. The molecule has 6 nitrogen and oxygen atoms in total. The zero-order chi connectivity index (χ0) is 19.4. The van der Waals surface area contributed by atoms with E-state index >= 15 is 0 Å². The Bertz CT molecular complexity index is 1030. The number of carbonyl (C=O) groups excluding carboxylic acids is 1. The molecule has 1 amide bonds. The molecule has 3 aromatic rings. The highest BCUT2D eigenvalue weighted by Gasteiger charge is 2.19. The summed E-state index contributed by atoms with van der Waals surface area (Å²) in [6.07, 6.45) is 0. The second-order valence-electron chi connectivity index (χ2n) is 6.14. The Morgan fingerprint density at radius 2 is 2.04 bits per heavy atom. The van der Waals surface area contributed by atoms with Crippen molar-refractivity contribution in [3.05, 3.63) is 75.3 Å². The fourth-order valence-corrected chi connectivity index (χ4v) is 3.08. The van der Waals surface area contributed by atoms with Crippen molar-refractivity contribution in [1.29, 1.82) is 0 Å². The number of amides is 1. The van der Waals surface area contributed by atoms with E-state index in [2.05, 4.69) is 10.3 Å². The lowest BCUT2D eigenvalue weighted by atomic mass is 10.2. The van der Waals surface area contributed by atoms with Gasteiger partial charge in [-0.3, -0.25) is 14.2 Å². The molecule has 0 aliphatic carbocycles. The Labute approximate surface area is 161 Å². The van der Waals surface area contributed by atoms with Crippen LogP contribution in [0.5, 0.6) is 0 Å². The van der Waals surface area contributed by atoms with Crippen LogP contribution in [0.3, 0.4) is 0 Å². The van der Waals surface area contributed by atoms with Gasteiger partial charge in [0.05, 0.1) is 30.1 Å². The van der Waals surface area contributed by atoms with Gasteiger partial charge < -0.3 is 10.1 Å². The van der Waals surface area contributed by atoms with Crippen molar-refractivity contribution >= 4 is 28.4 Å². The SMILES string of the molecule is COCCn1c(C(C)NC(=O)c2cccc(Cl)c2)nc2ccccc2c1=O. The van der Waals surface area contributed by atoms with Crippen LogP contribution in [0.4, 0.5) is 0 Å². The number of methoxy groups -OCH3 is 1. The molecule has 27 heavy (non-hydrogen) atoms. The summed E-state index contributed by atoms with van der Waals surface area (Å²) in [7, 11) is 1.57. The number of ether oxygens (including phenoxy) is 1. The molecule has 0 saturated heterocycles. The minimum Gasteiger partial charge on any atom is -0.383 e. The lowest BCUT2D eigenvalue weighted by Crippen LogP contribution is -2.34. The van der Waals surface area contributed by atoms with Crippen LogP contribution in [0.25, 0.3) is 10.9 Å². The highest BCUT2D eigenvalue weighted by Crippen LogP contribution is 2.16. The first-order valence-corrected chi connectivity index (χ1v) is 8.94. The van der Waals surface area contributed by atoms with Crippen LogP contribution >= 0.6 is 11.6 Å². The summed E-state index contributed by atoms with van der Waals surface area (Å²) in [6, 6.07) is 13.4. The van der Waals surface area contributed by atoms with E-state index in [1.807, 2.05) is 6.07 Å². The molecule has 3 rings (SSSR count). The molecule has 1 unspecified atom stereocenters. The number of fused-ring (bicyclic) bond motifs is 1. The van der Waals surface area contributed by atoms with Gasteiger partial charge in [0.1, 0.15) is 5.82 Å². The van der Waals surface area contributed by atoms with Crippen molar-refractivity contribution in [3.8, 4) is 0 Å². The Kier molecular flexibility index (Phi) is 5.88. The van der Waals surface area contributed by atoms with Crippen molar-refractivity contribution in [2.45, 2.75) is 19.5 Å². The fraction of sp³-hybridized carbons (Fsp3) is 0.250. The van der Waals surface area contributed by atoms with E-state index in [1.54, 1.807) is 61.1 Å². The summed E-state index contributed by atoms with van der Waals surface area (Å²) in [5, 5.41) is 3.90. The molecule has 0 aliphatic rings. The Morgan fingerprint density at radius 1 is 1.26 bits per heavy atom. The first-order valence-electron chi connectivity index (χ1n) is 8.56. The number of halogens is 1. The maximum Gasteiger partial charge on any atom is 0.261 e. The lowest BCUT2D eigenvalue weighted by Gasteiger charge is -2.19. The standard InChI is InChI=1S/C20H20ClN3O3/c1-13(22-19(25)14-6-5-7-15(21)12-14)18-23-17-9-4-3-8-16(17)20(26)24(18)10-11-27-2/h3-9,12-13H,10-11H2,1-2H3,(H,22,25). The maximum atomic E-state index is 12.9. The molecule has 0 spiro atoms. The number of carbonyl (C=O) groups is 1. The predicted molar refractivity (Wildman–Crippen MR) is 105 cm³/mol. The molecule has 1 N–H and O–H groups in total. The molecule has 1 atom stereocenters. The third kappa shape index (κ3) is 4.18. The van der Waals surface area contributed by atoms with Gasteiger partial charge in [-0.1, -0.05) is 29.8 Å². The van der Waals surface area contributed by atoms with E-state index < -0.39 is 6.04 Å². The average molecular weight is 386 g/mol. The van der Waals surface area contributed by atoms with Crippen LogP contribution < -0.4 is 10.9 Å². The predicted octanol–water partition coefficient (Wildman–Crippen LogP) is 3.19. The number of rotatable bonds is 6. The number of hydrogen-bond donors (Lipinski definition) is 1. The fourth-order valence-electron chi connectivity index (χ4n) is 2.89. The normalized spacial score (nSPS) is 12.1. The summed E-state index contributed by atoms with van der Waals surface area (Å²) in [5.74, 6) is 0.192. The molecule has 140 valence electrons. The second kappa shape index (κ2) is 8.33. The number of hydrogen-bond acceptors (Lipinski definition) is 4. The number of para-hydroxylation sites is 1. The third-order valence-electron chi connectivity index (χ3n) is 4.23. The van der Waals surface area contributed by atoms with Crippen LogP contribution in [0.2, 0.25) is 5.02 Å². The third-order valence-corrected chi connectivity index (χ3v) is 4.47. The summed E-state index contributed by atoms with van der Waals surface area (Å²) in [4.78, 5) is 30.1. The van der Waals surface area contributed by atoms with E-state index in [0.29, 0.717) is 40.5 Å². The summed E-state index contributed by atoms with van der Waals surface area (Å²) in [5.41, 5.74) is 0.882. The highest BCUT2D eigenvalue weighted by atomic mass is 35.5. The lowest BCUT2D eigenvalue weighted by molar-refractivity contribution is 0.0937. The highest BCUT2D eigenvalue weighted by molar-refractivity contribution is 6.30. The molecule has 0 radical (unpaired) electrons. The van der Waals surface area contributed by atoms with Crippen LogP contribution in [0.15, 0.2) is 53.3 Å². The molecule has 2 aromatic carbocycles. The summed E-state index contributed by atoms with van der Waals surface area (Å²) in [6.45, 7) is 2.50. The quantitative estimate of drug-likeness (QED) is 0.707. The molecule has 0 fully saturated rings. The topological polar surface area (TPSA) is 73.2 Å². The zero-order valence-electron chi connectivity index (χ0n) is 15.1. The van der Waals surface area contributed by atoms with Gasteiger partial charge in [0.15, 0.2) is 0 Å². The molecule has 1 heterocycles. The minimum absolute atomic E-state index is 0.156. The monoisotopic (exact) mass is 385 g/mol. The Hall–Kier alpha value is -2.70. The van der Waals surface area contributed by atoms with E-state index in [4.69, 9.17) is 16.3 Å². The van der Waals surface area contributed by atoms with Gasteiger partial charge >= 0.3 is 0 Å². The molecule has 0 aliphatic heterocycles. The van der Waals surface area contributed by atoms with Crippen molar-refractivity contribution in [3.63, 3.8) is 0 Å². The Balaban J connectivity index is 1.98. The summed E-state index contributed by atoms with van der Waals surface area (Å²) >= 11 is 5.96. The van der Waals surface area contributed by atoms with Crippen LogP contribution in [0.1, 0.15) is 29.1 Å². The number of nitrogens with zero attached hydrogens (tertiary/aromatic N) is 2. The van der Waals surface area contributed by atoms with Crippen LogP contribution in [0, 0.1) is 0 Å². The number of nitrogens with one attached hydrogen (secondary N) is 1. The van der Waals surface area contributed by atoms with Gasteiger partial charge in [-0.2, -0.15) is 0 Å². The van der Waals surface area contributed by atoms with Crippen molar-refractivity contribution < 1.29 is 9.53 Å². The van der Waals surface area contributed by atoms with E-state index in [-0.39, 0.29) is 11.5 Å². The average Bonchev–Trinajstić information content (AvgIpc) is 2.67.